The highest BCUT2D eigenvalue weighted by atomic mass is 15.1. The Kier molecular flexibility index (Phi) is 5.43. The monoisotopic (exact) mass is 290 g/mol. The van der Waals surface area contributed by atoms with Gasteiger partial charge in [-0.25, -0.2) is 9.97 Å². The predicted octanol–water partition coefficient (Wildman–Crippen LogP) is 4.24. The summed E-state index contributed by atoms with van der Waals surface area (Å²) in [6.45, 7) is 10.6. The van der Waals surface area contributed by atoms with Gasteiger partial charge in [-0.15, -0.1) is 0 Å². The van der Waals surface area contributed by atoms with Crippen molar-refractivity contribution in [1.82, 2.24) is 9.97 Å². The first kappa shape index (κ1) is 16.1. The Bertz CT molecular complexity index is 450. The number of nitrogens with one attached hydrogen (secondary N) is 2. The van der Waals surface area contributed by atoms with Crippen LogP contribution in [0.1, 0.15) is 58.7 Å². The average Bonchev–Trinajstić information content (AvgIpc) is 2.84. The molecule has 0 radical (unpaired) electrons. The van der Waals surface area contributed by atoms with Gasteiger partial charge in [0.1, 0.15) is 17.5 Å². The molecule has 21 heavy (non-hydrogen) atoms. The van der Waals surface area contributed by atoms with E-state index in [0.29, 0.717) is 5.41 Å². The Labute approximate surface area is 129 Å². The maximum atomic E-state index is 4.53. The van der Waals surface area contributed by atoms with E-state index in [-0.39, 0.29) is 0 Å². The SMILES string of the molecule is CCNc1cc(NCC2(CC(C)C)CCCC2)nc(C)n1. The molecule has 1 aromatic rings. The zero-order valence-electron chi connectivity index (χ0n) is 14.0. The van der Waals surface area contributed by atoms with Gasteiger partial charge in [0.2, 0.25) is 0 Å². The number of hydrogen-bond donors (Lipinski definition) is 2. The molecule has 0 amide bonds. The van der Waals surface area contributed by atoms with E-state index < -0.39 is 0 Å². The van der Waals surface area contributed by atoms with Crippen LogP contribution >= 0.6 is 0 Å². The van der Waals surface area contributed by atoms with E-state index in [4.69, 9.17) is 0 Å². The predicted molar refractivity (Wildman–Crippen MR) is 89.8 cm³/mol. The van der Waals surface area contributed by atoms with Crippen LogP contribution in [-0.4, -0.2) is 23.1 Å². The third-order valence-electron chi connectivity index (χ3n) is 4.35. The number of aryl methyl sites for hydroxylation is 1. The van der Waals surface area contributed by atoms with Crippen LogP contribution in [0, 0.1) is 18.3 Å². The summed E-state index contributed by atoms with van der Waals surface area (Å²) in [6, 6.07) is 2.02. The maximum absolute atomic E-state index is 4.53. The number of nitrogens with zero attached hydrogens (tertiary/aromatic N) is 2. The van der Waals surface area contributed by atoms with Gasteiger partial charge in [-0.3, -0.25) is 0 Å². The molecule has 0 unspecified atom stereocenters. The Balaban J connectivity index is 2.03. The Hall–Kier alpha value is -1.32. The Morgan fingerprint density at radius 2 is 1.76 bits per heavy atom. The summed E-state index contributed by atoms with van der Waals surface area (Å²) < 4.78 is 0. The summed E-state index contributed by atoms with van der Waals surface area (Å²) in [5.41, 5.74) is 0.464. The molecule has 4 nitrogen and oxygen atoms in total. The van der Waals surface area contributed by atoms with E-state index in [0.717, 1.165) is 36.5 Å². The van der Waals surface area contributed by atoms with Crippen LogP contribution in [0.2, 0.25) is 0 Å². The van der Waals surface area contributed by atoms with Crippen LogP contribution in [0.5, 0.6) is 0 Å². The van der Waals surface area contributed by atoms with Crippen LogP contribution < -0.4 is 10.6 Å². The molecule has 0 saturated heterocycles. The molecule has 0 aliphatic heterocycles. The van der Waals surface area contributed by atoms with Crippen LogP contribution in [0.4, 0.5) is 11.6 Å². The quantitative estimate of drug-likeness (QED) is 0.789. The molecule has 2 rings (SSSR count). The zero-order chi connectivity index (χ0) is 15.3. The first-order valence-corrected chi connectivity index (χ1v) is 8.36. The second-order valence-electron chi connectivity index (χ2n) is 6.87. The third kappa shape index (κ3) is 4.58. The van der Waals surface area contributed by atoms with E-state index >= 15 is 0 Å². The van der Waals surface area contributed by atoms with E-state index in [1.54, 1.807) is 0 Å². The van der Waals surface area contributed by atoms with Crippen molar-refractivity contribution < 1.29 is 0 Å². The molecule has 1 aromatic heterocycles. The van der Waals surface area contributed by atoms with Crippen LogP contribution in [0.25, 0.3) is 0 Å². The summed E-state index contributed by atoms with van der Waals surface area (Å²) >= 11 is 0. The highest BCUT2D eigenvalue weighted by molar-refractivity contribution is 5.47. The third-order valence-corrected chi connectivity index (χ3v) is 4.35. The number of hydrogen-bond acceptors (Lipinski definition) is 4. The van der Waals surface area contributed by atoms with Crippen molar-refractivity contribution in [3.8, 4) is 0 Å². The van der Waals surface area contributed by atoms with Gasteiger partial charge >= 0.3 is 0 Å². The van der Waals surface area contributed by atoms with Crippen LogP contribution in [0.15, 0.2) is 6.07 Å². The minimum atomic E-state index is 0.464. The summed E-state index contributed by atoms with van der Waals surface area (Å²) in [5.74, 6) is 3.44. The average molecular weight is 290 g/mol. The summed E-state index contributed by atoms with van der Waals surface area (Å²) in [6.07, 6.45) is 6.76. The molecule has 0 spiro atoms. The fraction of sp³-hybridized carbons (Fsp3) is 0.765. The molecular weight excluding hydrogens is 260 g/mol. The molecule has 0 bridgehead atoms. The van der Waals surface area contributed by atoms with E-state index in [1.165, 1.54) is 32.1 Å². The molecule has 4 heteroatoms. The summed E-state index contributed by atoms with van der Waals surface area (Å²) in [7, 11) is 0. The fourth-order valence-electron chi connectivity index (χ4n) is 3.65. The van der Waals surface area contributed by atoms with Crippen molar-refractivity contribution in [1.29, 1.82) is 0 Å². The summed E-state index contributed by atoms with van der Waals surface area (Å²) in [4.78, 5) is 8.93. The van der Waals surface area contributed by atoms with Crippen molar-refractivity contribution in [3.05, 3.63) is 11.9 Å². The molecule has 118 valence electrons. The topological polar surface area (TPSA) is 49.8 Å². The first-order chi connectivity index (χ1) is 10.0. The Morgan fingerprint density at radius 1 is 1.14 bits per heavy atom. The van der Waals surface area contributed by atoms with Gasteiger partial charge in [-0.1, -0.05) is 26.7 Å². The molecule has 1 aliphatic rings. The van der Waals surface area contributed by atoms with Crippen molar-refractivity contribution in [3.63, 3.8) is 0 Å². The molecule has 0 aromatic carbocycles. The molecule has 1 fully saturated rings. The molecule has 1 heterocycles. The van der Waals surface area contributed by atoms with Crippen molar-refractivity contribution >= 4 is 11.6 Å². The van der Waals surface area contributed by atoms with Crippen molar-refractivity contribution in [2.75, 3.05) is 23.7 Å². The minimum absolute atomic E-state index is 0.464. The number of aromatic nitrogens is 2. The van der Waals surface area contributed by atoms with Gasteiger partial charge in [0.05, 0.1) is 0 Å². The molecule has 2 N–H and O–H groups in total. The van der Waals surface area contributed by atoms with Crippen molar-refractivity contribution in [2.24, 2.45) is 11.3 Å². The van der Waals surface area contributed by atoms with Crippen molar-refractivity contribution in [2.45, 2.75) is 59.8 Å². The highest BCUT2D eigenvalue weighted by Gasteiger charge is 2.34. The number of anilines is 2. The highest BCUT2D eigenvalue weighted by Crippen LogP contribution is 2.43. The lowest BCUT2D eigenvalue weighted by Gasteiger charge is -2.31. The van der Waals surface area contributed by atoms with Gasteiger partial charge in [0.25, 0.3) is 0 Å². The normalized spacial score (nSPS) is 17.2. The number of rotatable bonds is 7. The zero-order valence-corrected chi connectivity index (χ0v) is 14.0. The second kappa shape index (κ2) is 7.10. The van der Waals surface area contributed by atoms with E-state index in [9.17, 15) is 0 Å². The lowest BCUT2D eigenvalue weighted by Crippen LogP contribution is -2.28. The first-order valence-electron chi connectivity index (χ1n) is 8.36. The molecule has 0 atom stereocenters. The van der Waals surface area contributed by atoms with Gasteiger partial charge in [0.15, 0.2) is 0 Å². The molecule has 1 aliphatic carbocycles. The lowest BCUT2D eigenvalue weighted by molar-refractivity contribution is 0.252. The van der Waals surface area contributed by atoms with E-state index in [2.05, 4.69) is 41.4 Å². The van der Waals surface area contributed by atoms with Crippen LogP contribution in [0.3, 0.4) is 0 Å². The largest absolute Gasteiger partial charge is 0.370 e. The smallest absolute Gasteiger partial charge is 0.131 e. The van der Waals surface area contributed by atoms with E-state index in [1.807, 2.05) is 13.0 Å². The standard InChI is InChI=1S/C17H30N4/c1-5-18-15-10-16(21-14(4)20-15)19-12-17(11-13(2)3)8-6-7-9-17/h10,13H,5-9,11-12H2,1-4H3,(H2,18,19,20,21). The lowest BCUT2D eigenvalue weighted by atomic mass is 9.78. The van der Waals surface area contributed by atoms with Gasteiger partial charge in [0, 0.05) is 19.2 Å². The van der Waals surface area contributed by atoms with Gasteiger partial charge < -0.3 is 10.6 Å². The second-order valence-corrected chi connectivity index (χ2v) is 6.87. The van der Waals surface area contributed by atoms with Gasteiger partial charge in [-0.05, 0) is 44.4 Å². The minimum Gasteiger partial charge on any atom is -0.370 e. The Morgan fingerprint density at radius 3 is 2.33 bits per heavy atom. The fourth-order valence-corrected chi connectivity index (χ4v) is 3.65. The van der Waals surface area contributed by atoms with Gasteiger partial charge in [-0.2, -0.15) is 0 Å². The molecular formula is C17H30N4. The summed E-state index contributed by atoms with van der Waals surface area (Å²) in [5, 5.41) is 6.85. The maximum Gasteiger partial charge on any atom is 0.131 e. The van der Waals surface area contributed by atoms with Crippen LogP contribution in [-0.2, 0) is 0 Å². The molecule has 1 saturated carbocycles.